The molecule has 3 rings (SSSR count). The Bertz CT molecular complexity index is 1290. The molecule has 0 saturated carbocycles. The fraction of sp³-hybridized carbons (Fsp3) is 0.200. The zero-order chi connectivity index (χ0) is 25.1. The second kappa shape index (κ2) is 9.77. The fourth-order valence-electron chi connectivity index (χ4n) is 2.61. The van der Waals surface area contributed by atoms with Crippen LogP contribution in [0.1, 0.15) is 6.92 Å². The summed E-state index contributed by atoms with van der Waals surface area (Å²) < 4.78 is 97.0. The molecule has 8 nitrogen and oxygen atoms in total. The molecule has 182 valence electrons. The molecule has 1 aromatic heterocycles. The third kappa shape index (κ3) is 6.08. The van der Waals surface area contributed by atoms with Crippen molar-refractivity contribution >= 4 is 33.0 Å². The Labute approximate surface area is 191 Å². The number of anilines is 4. The Hall–Kier alpha value is -3.52. The lowest BCUT2D eigenvalue weighted by Gasteiger charge is -2.20. The largest absolute Gasteiger partial charge is 0.479 e. The Morgan fingerprint density at radius 1 is 0.941 bits per heavy atom. The smallest absolute Gasteiger partial charge is 0.425 e. The van der Waals surface area contributed by atoms with E-state index in [9.17, 15) is 30.4 Å². The quantitative estimate of drug-likeness (QED) is 0.390. The predicted octanol–water partition coefficient (Wildman–Crippen LogP) is 4.48. The zero-order valence-corrected chi connectivity index (χ0v) is 18.4. The standard InChI is InChI=1S/C20H18F5N5O3S/c1-11(20(23,24)25)33-17-6-4-13(34(31,32)26-2)8-16(17)30-19-9-18(27-10-28-19)29-12-3-5-14(21)15(22)7-12/h3-11,26H,1-2H3,(H2,27,28,29,30). The molecule has 0 aliphatic heterocycles. The number of hydrogen-bond donors (Lipinski definition) is 3. The molecule has 0 saturated heterocycles. The van der Waals surface area contributed by atoms with E-state index in [2.05, 4.69) is 25.3 Å². The molecule has 14 heteroatoms. The van der Waals surface area contributed by atoms with Crippen LogP contribution in [0.15, 0.2) is 53.7 Å². The maximum absolute atomic E-state index is 13.4. The van der Waals surface area contributed by atoms with Crippen LogP contribution in [0.5, 0.6) is 5.75 Å². The van der Waals surface area contributed by atoms with Gasteiger partial charge in [-0.1, -0.05) is 0 Å². The Kier molecular flexibility index (Phi) is 7.21. The van der Waals surface area contributed by atoms with Crippen LogP contribution in [0.25, 0.3) is 0 Å². The van der Waals surface area contributed by atoms with Crippen LogP contribution in [-0.4, -0.2) is 37.7 Å². The summed E-state index contributed by atoms with van der Waals surface area (Å²) in [7, 11) is -2.74. The van der Waals surface area contributed by atoms with E-state index in [1.807, 2.05) is 0 Å². The van der Waals surface area contributed by atoms with Gasteiger partial charge in [-0.05, 0) is 44.3 Å². The van der Waals surface area contributed by atoms with Crippen molar-refractivity contribution in [1.82, 2.24) is 14.7 Å². The molecule has 1 heterocycles. The second-order valence-corrected chi connectivity index (χ2v) is 8.72. The molecule has 3 aromatic rings. The average molecular weight is 503 g/mol. The zero-order valence-electron chi connectivity index (χ0n) is 17.6. The molecule has 0 amide bonds. The Balaban J connectivity index is 1.93. The highest BCUT2D eigenvalue weighted by atomic mass is 32.2. The monoisotopic (exact) mass is 503 g/mol. The van der Waals surface area contributed by atoms with Gasteiger partial charge in [0.1, 0.15) is 23.7 Å². The number of ether oxygens (including phenoxy) is 1. The number of nitrogens with zero attached hydrogens (tertiary/aromatic N) is 2. The molecule has 0 spiro atoms. The van der Waals surface area contributed by atoms with Gasteiger partial charge < -0.3 is 15.4 Å². The minimum atomic E-state index is -4.66. The number of hydrogen-bond acceptors (Lipinski definition) is 7. The summed E-state index contributed by atoms with van der Waals surface area (Å²) >= 11 is 0. The summed E-state index contributed by atoms with van der Waals surface area (Å²) in [5.41, 5.74) is 0.0542. The lowest BCUT2D eigenvalue weighted by molar-refractivity contribution is -0.189. The van der Waals surface area contributed by atoms with E-state index in [0.29, 0.717) is 0 Å². The molecule has 34 heavy (non-hydrogen) atoms. The molecule has 3 N–H and O–H groups in total. The van der Waals surface area contributed by atoms with Crippen molar-refractivity contribution in [1.29, 1.82) is 0 Å². The SMILES string of the molecule is CNS(=O)(=O)c1ccc(OC(C)C(F)(F)F)c(Nc2cc(Nc3ccc(F)c(F)c3)ncn2)c1. The molecule has 0 aliphatic rings. The maximum Gasteiger partial charge on any atom is 0.425 e. The van der Waals surface area contributed by atoms with E-state index in [4.69, 9.17) is 4.74 Å². The van der Waals surface area contributed by atoms with Crippen molar-refractivity contribution in [3.63, 3.8) is 0 Å². The molecule has 0 aliphatic carbocycles. The molecule has 0 fully saturated rings. The summed E-state index contributed by atoms with van der Waals surface area (Å²) in [6.45, 7) is 0.802. The van der Waals surface area contributed by atoms with Gasteiger partial charge in [0.05, 0.1) is 10.6 Å². The number of aromatic nitrogens is 2. The maximum atomic E-state index is 13.4. The minimum Gasteiger partial charge on any atom is -0.479 e. The van der Waals surface area contributed by atoms with Gasteiger partial charge >= 0.3 is 6.18 Å². The first kappa shape index (κ1) is 25.1. The molecule has 0 radical (unpaired) electrons. The van der Waals surface area contributed by atoms with E-state index in [1.54, 1.807) is 0 Å². The highest BCUT2D eigenvalue weighted by molar-refractivity contribution is 7.89. The second-order valence-electron chi connectivity index (χ2n) is 6.83. The molecule has 0 bridgehead atoms. The van der Waals surface area contributed by atoms with Crippen LogP contribution in [0.4, 0.5) is 45.0 Å². The Morgan fingerprint density at radius 2 is 1.62 bits per heavy atom. The fourth-order valence-corrected chi connectivity index (χ4v) is 3.36. The minimum absolute atomic E-state index is 0.0450. The third-order valence-corrected chi connectivity index (χ3v) is 5.83. The van der Waals surface area contributed by atoms with E-state index in [0.717, 1.165) is 43.6 Å². The summed E-state index contributed by atoms with van der Waals surface area (Å²) in [6, 6.07) is 7.65. The Morgan fingerprint density at radius 3 is 2.24 bits per heavy atom. The van der Waals surface area contributed by atoms with E-state index in [1.165, 1.54) is 19.2 Å². The van der Waals surface area contributed by atoms with Crippen molar-refractivity contribution in [2.45, 2.75) is 24.1 Å². The van der Waals surface area contributed by atoms with Crippen molar-refractivity contribution in [3.8, 4) is 5.75 Å². The summed E-state index contributed by atoms with van der Waals surface area (Å²) in [5.74, 6) is -2.22. The lowest BCUT2D eigenvalue weighted by Crippen LogP contribution is -2.31. The van der Waals surface area contributed by atoms with Gasteiger partial charge in [0, 0.05) is 17.8 Å². The molecule has 1 atom stereocenters. The van der Waals surface area contributed by atoms with E-state index in [-0.39, 0.29) is 33.7 Å². The topological polar surface area (TPSA) is 105 Å². The van der Waals surface area contributed by atoms with Gasteiger partial charge in [0.25, 0.3) is 0 Å². The van der Waals surface area contributed by atoms with Gasteiger partial charge in [0.15, 0.2) is 17.7 Å². The predicted molar refractivity (Wildman–Crippen MR) is 114 cm³/mol. The van der Waals surface area contributed by atoms with Gasteiger partial charge in [-0.15, -0.1) is 0 Å². The first-order valence-corrected chi connectivity index (χ1v) is 11.0. The normalized spacial score (nSPS) is 12.8. The van der Waals surface area contributed by atoms with Crippen molar-refractivity contribution in [2.75, 3.05) is 17.7 Å². The van der Waals surface area contributed by atoms with E-state index < -0.39 is 33.9 Å². The number of rotatable bonds is 8. The summed E-state index contributed by atoms with van der Waals surface area (Å²) in [5, 5.41) is 5.43. The highest BCUT2D eigenvalue weighted by Gasteiger charge is 2.38. The first-order valence-electron chi connectivity index (χ1n) is 9.51. The average Bonchev–Trinajstić information content (AvgIpc) is 2.77. The number of benzene rings is 2. The van der Waals surface area contributed by atoms with Gasteiger partial charge in [-0.2, -0.15) is 13.2 Å². The van der Waals surface area contributed by atoms with Crippen LogP contribution < -0.4 is 20.1 Å². The van der Waals surface area contributed by atoms with Crippen LogP contribution in [-0.2, 0) is 10.0 Å². The van der Waals surface area contributed by atoms with Crippen molar-refractivity contribution in [2.24, 2.45) is 0 Å². The number of alkyl halides is 3. The molecule has 1 unspecified atom stereocenters. The first-order chi connectivity index (χ1) is 15.9. The highest BCUT2D eigenvalue weighted by Crippen LogP contribution is 2.34. The van der Waals surface area contributed by atoms with Gasteiger partial charge in [-0.25, -0.2) is 31.9 Å². The van der Waals surface area contributed by atoms with Crippen molar-refractivity contribution in [3.05, 3.63) is 60.4 Å². The van der Waals surface area contributed by atoms with Crippen molar-refractivity contribution < 1.29 is 35.1 Å². The molecule has 2 aromatic carbocycles. The van der Waals surface area contributed by atoms with Crippen LogP contribution in [0, 0.1) is 11.6 Å². The van der Waals surface area contributed by atoms with Gasteiger partial charge in [0.2, 0.25) is 10.0 Å². The van der Waals surface area contributed by atoms with Crippen LogP contribution in [0.3, 0.4) is 0 Å². The lowest BCUT2D eigenvalue weighted by atomic mass is 10.2. The number of sulfonamides is 1. The number of nitrogens with one attached hydrogen (secondary N) is 3. The van der Waals surface area contributed by atoms with Crippen LogP contribution >= 0.6 is 0 Å². The molecular weight excluding hydrogens is 485 g/mol. The molecular formula is C20H18F5N5O3S. The van der Waals surface area contributed by atoms with Crippen LogP contribution in [0.2, 0.25) is 0 Å². The van der Waals surface area contributed by atoms with Gasteiger partial charge in [-0.3, -0.25) is 0 Å². The summed E-state index contributed by atoms with van der Waals surface area (Å²) in [4.78, 5) is 7.65. The van der Waals surface area contributed by atoms with E-state index >= 15 is 0 Å². The third-order valence-electron chi connectivity index (χ3n) is 4.42. The number of halogens is 5. The summed E-state index contributed by atoms with van der Waals surface area (Å²) in [6.07, 6.45) is -5.75.